The number of aromatic nitrogens is 2. The van der Waals surface area contributed by atoms with Crippen molar-refractivity contribution in [1.82, 2.24) is 9.38 Å². The van der Waals surface area contributed by atoms with Gasteiger partial charge in [-0.1, -0.05) is 37.6 Å². The van der Waals surface area contributed by atoms with E-state index < -0.39 is 5.91 Å². The van der Waals surface area contributed by atoms with E-state index in [0.29, 0.717) is 12.1 Å². The summed E-state index contributed by atoms with van der Waals surface area (Å²) in [4.78, 5) is 16.3. The van der Waals surface area contributed by atoms with Gasteiger partial charge in [-0.2, -0.15) is 0 Å². The van der Waals surface area contributed by atoms with Crippen LogP contribution in [0.1, 0.15) is 46.2 Å². The van der Waals surface area contributed by atoms with Crippen LogP contribution in [-0.4, -0.2) is 15.3 Å². The van der Waals surface area contributed by atoms with Crippen LogP contribution in [0.5, 0.6) is 0 Å². The predicted molar refractivity (Wildman–Crippen MR) is 101 cm³/mol. The molecule has 130 valence electrons. The average molecular weight is 336 g/mol. The molecule has 0 bridgehead atoms. The summed E-state index contributed by atoms with van der Waals surface area (Å²) in [5.74, 6) is -0.443. The van der Waals surface area contributed by atoms with Gasteiger partial charge in [0.2, 0.25) is 5.91 Å². The number of benzene rings is 1. The highest BCUT2D eigenvalue weighted by Crippen LogP contribution is 2.23. The van der Waals surface area contributed by atoms with Crippen LogP contribution in [0.15, 0.2) is 36.5 Å². The number of rotatable bonds is 6. The molecule has 0 aliphatic carbocycles. The third kappa shape index (κ3) is 3.36. The highest BCUT2D eigenvalue weighted by Gasteiger charge is 2.13. The molecule has 5 nitrogen and oxygen atoms in total. The minimum atomic E-state index is -0.443. The first-order chi connectivity index (χ1) is 12.0. The molecule has 3 rings (SSSR count). The van der Waals surface area contributed by atoms with Crippen molar-refractivity contribution in [3.8, 4) is 0 Å². The van der Waals surface area contributed by atoms with Gasteiger partial charge in [0.25, 0.3) is 0 Å². The molecule has 5 heteroatoms. The Morgan fingerprint density at radius 2 is 1.96 bits per heavy atom. The average Bonchev–Trinajstić information content (AvgIpc) is 2.89. The molecular formula is C20H24N4O. The second-order valence-electron chi connectivity index (χ2n) is 6.36. The van der Waals surface area contributed by atoms with Crippen LogP contribution >= 0.6 is 0 Å². The smallest absolute Gasteiger partial charge is 0.250 e. The van der Waals surface area contributed by atoms with Gasteiger partial charge in [-0.25, -0.2) is 4.98 Å². The number of nitrogens with zero attached hydrogens (tertiary/aromatic N) is 2. The topological polar surface area (TPSA) is 72.4 Å². The Morgan fingerprint density at radius 3 is 2.64 bits per heavy atom. The minimum Gasteiger partial charge on any atom is -0.378 e. The third-order valence-corrected chi connectivity index (χ3v) is 4.59. The first-order valence-corrected chi connectivity index (χ1v) is 8.61. The number of pyridine rings is 1. The molecule has 0 spiro atoms. The Balaban J connectivity index is 1.98. The summed E-state index contributed by atoms with van der Waals surface area (Å²) < 4.78 is 1.93. The maximum atomic E-state index is 11.7. The summed E-state index contributed by atoms with van der Waals surface area (Å²) >= 11 is 0. The van der Waals surface area contributed by atoms with Crippen molar-refractivity contribution >= 4 is 17.2 Å². The first kappa shape index (κ1) is 17.0. The zero-order valence-corrected chi connectivity index (χ0v) is 15.0. The summed E-state index contributed by atoms with van der Waals surface area (Å²) in [7, 11) is 0. The lowest BCUT2D eigenvalue weighted by atomic mass is 10.0. The summed E-state index contributed by atoms with van der Waals surface area (Å²) in [6.45, 7) is 6.81. The largest absolute Gasteiger partial charge is 0.378 e. The van der Waals surface area contributed by atoms with E-state index in [9.17, 15) is 4.79 Å². The Kier molecular flexibility index (Phi) is 4.74. The van der Waals surface area contributed by atoms with Crippen LogP contribution in [0.2, 0.25) is 0 Å². The lowest BCUT2D eigenvalue weighted by Gasteiger charge is -2.13. The molecule has 2 heterocycles. The molecule has 1 aromatic carbocycles. The number of hydrogen-bond donors (Lipinski definition) is 2. The van der Waals surface area contributed by atoms with Gasteiger partial charge < -0.3 is 15.5 Å². The van der Waals surface area contributed by atoms with Crippen molar-refractivity contribution in [2.75, 3.05) is 5.32 Å². The molecule has 0 radical (unpaired) electrons. The highest BCUT2D eigenvalue weighted by molar-refractivity contribution is 5.94. The number of aryl methyl sites for hydroxylation is 3. The van der Waals surface area contributed by atoms with Gasteiger partial charge in [-0.15, -0.1) is 0 Å². The van der Waals surface area contributed by atoms with Gasteiger partial charge in [-0.3, -0.25) is 4.79 Å². The zero-order chi connectivity index (χ0) is 18.0. The number of imidazole rings is 1. The third-order valence-electron chi connectivity index (χ3n) is 4.59. The fraction of sp³-hybridized carbons (Fsp3) is 0.300. The summed E-state index contributed by atoms with van der Waals surface area (Å²) in [6, 6.07) is 10.2. The second-order valence-corrected chi connectivity index (χ2v) is 6.36. The van der Waals surface area contributed by atoms with Crippen molar-refractivity contribution in [2.24, 2.45) is 5.73 Å². The maximum absolute atomic E-state index is 11.7. The molecule has 0 aliphatic heterocycles. The molecule has 3 aromatic rings. The Labute approximate surface area is 147 Å². The van der Waals surface area contributed by atoms with Crippen LogP contribution in [0.3, 0.4) is 0 Å². The van der Waals surface area contributed by atoms with Gasteiger partial charge in [-0.05, 0) is 37.5 Å². The fourth-order valence-electron chi connectivity index (χ4n) is 3.07. The minimum absolute atomic E-state index is 0.443. The van der Waals surface area contributed by atoms with Crippen molar-refractivity contribution in [3.05, 3.63) is 64.6 Å². The van der Waals surface area contributed by atoms with Gasteiger partial charge in [0, 0.05) is 18.4 Å². The highest BCUT2D eigenvalue weighted by atomic mass is 16.1. The SMILES string of the molecule is CCCc1ccccc1CNc1cc(C(N)=O)cn2c(C)c(C)nc12. The molecule has 0 fully saturated rings. The number of anilines is 1. The maximum Gasteiger partial charge on any atom is 0.250 e. The van der Waals surface area contributed by atoms with Crippen molar-refractivity contribution in [3.63, 3.8) is 0 Å². The van der Waals surface area contributed by atoms with Crippen LogP contribution in [-0.2, 0) is 13.0 Å². The number of fused-ring (bicyclic) bond motifs is 1. The van der Waals surface area contributed by atoms with E-state index in [1.54, 1.807) is 12.3 Å². The normalized spacial score (nSPS) is 11.0. The lowest BCUT2D eigenvalue weighted by molar-refractivity contribution is 0.1000. The number of nitrogens with one attached hydrogen (secondary N) is 1. The number of primary amides is 1. The molecule has 1 amide bonds. The number of nitrogens with two attached hydrogens (primary N) is 1. The van der Waals surface area contributed by atoms with Crippen molar-refractivity contribution in [2.45, 2.75) is 40.2 Å². The Hall–Kier alpha value is -2.82. The molecule has 0 saturated heterocycles. The van der Waals surface area contributed by atoms with Gasteiger partial charge in [0.15, 0.2) is 5.65 Å². The quantitative estimate of drug-likeness (QED) is 0.722. The molecular weight excluding hydrogens is 312 g/mol. The van der Waals surface area contributed by atoms with E-state index in [2.05, 4.69) is 41.5 Å². The standard InChI is InChI=1S/C20H24N4O/c1-4-7-15-8-5-6-9-16(15)11-22-18-10-17(19(21)25)12-24-14(3)13(2)23-20(18)24/h5-6,8-10,12,22H,4,7,11H2,1-3H3,(H2,21,25). The van der Waals surface area contributed by atoms with Crippen LogP contribution in [0.25, 0.3) is 5.65 Å². The number of hydrogen-bond acceptors (Lipinski definition) is 3. The van der Waals surface area contributed by atoms with E-state index in [0.717, 1.165) is 35.6 Å². The van der Waals surface area contributed by atoms with E-state index >= 15 is 0 Å². The molecule has 3 N–H and O–H groups in total. The summed E-state index contributed by atoms with van der Waals surface area (Å²) in [5, 5.41) is 3.45. The van der Waals surface area contributed by atoms with E-state index in [4.69, 9.17) is 5.73 Å². The summed E-state index contributed by atoms with van der Waals surface area (Å²) in [5.41, 5.74) is 12.1. The molecule has 25 heavy (non-hydrogen) atoms. The monoisotopic (exact) mass is 336 g/mol. The van der Waals surface area contributed by atoms with E-state index in [1.165, 1.54) is 11.1 Å². The molecule has 0 saturated carbocycles. The predicted octanol–water partition coefficient (Wildman–Crippen LogP) is 3.61. The number of carbonyl (C=O) groups is 1. The molecule has 0 atom stereocenters. The fourth-order valence-corrected chi connectivity index (χ4v) is 3.07. The van der Waals surface area contributed by atoms with Crippen LogP contribution in [0, 0.1) is 13.8 Å². The number of carbonyl (C=O) groups excluding carboxylic acids is 1. The van der Waals surface area contributed by atoms with Crippen molar-refractivity contribution in [1.29, 1.82) is 0 Å². The second kappa shape index (κ2) is 6.97. The van der Waals surface area contributed by atoms with Crippen molar-refractivity contribution < 1.29 is 4.79 Å². The summed E-state index contributed by atoms with van der Waals surface area (Å²) in [6.07, 6.45) is 3.91. The molecule has 0 aliphatic rings. The van der Waals surface area contributed by atoms with Crippen LogP contribution in [0.4, 0.5) is 5.69 Å². The van der Waals surface area contributed by atoms with Gasteiger partial charge in [0.05, 0.1) is 16.9 Å². The Morgan fingerprint density at radius 1 is 1.24 bits per heavy atom. The first-order valence-electron chi connectivity index (χ1n) is 8.61. The van der Waals surface area contributed by atoms with Gasteiger partial charge in [0.1, 0.15) is 0 Å². The zero-order valence-electron chi connectivity index (χ0n) is 15.0. The molecule has 0 unspecified atom stereocenters. The van der Waals surface area contributed by atoms with Gasteiger partial charge >= 0.3 is 0 Å². The molecule has 2 aromatic heterocycles. The Bertz CT molecular complexity index is 927. The van der Waals surface area contributed by atoms with Crippen LogP contribution < -0.4 is 11.1 Å². The number of amides is 1. The van der Waals surface area contributed by atoms with E-state index in [-0.39, 0.29) is 0 Å². The lowest BCUT2D eigenvalue weighted by Crippen LogP contribution is -2.13. The van der Waals surface area contributed by atoms with E-state index in [1.807, 2.05) is 18.2 Å².